The van der Waals surface area contributed by atoms with Gasteiger partial charge in [0.1, 0.15) is 12.4 Å². The van der Waals surface area contributed by atoms with E-state index >= 15 is 0 Å². The van der Waals surface area contributed by atoms with E-state index in [0.29, 0.717) is 11.5 Å². The lowest BCUT2D eigenvalue weighted by Gasteiger charge is -2.06. The second-order valence-corrected chi connectivity index (χ2v) is 4.63. The first-order valence-electron chi connectivity index (χ1n) is 4.41. The molecule has 84 valence electrons. The van der Waals surface area contributed by atoms with Gasteiger partial charge in [-0.1, -0.05) is 6.07 Å². The molecule has 6 heteroatoms. The predicted octanol–water partition coefficient (Wildman–Crippen LogP) is 3.07. The number of hydrogen-bond acceptors (Lipinski definition) is 3. The summed E-state index contributed by atoms with van der Waals surface area (Å²) in [4.78, 5) is 13.1. The Morgan fingerprint density at radius 1 is 1.38 bits per heavy atom. The topological polar surface area (TPSA) is 55.2 Å². The average Bonchev–Trinajstić information content (AvgIpc) is 2.67. The number of halogens is 2. The molecule has 1 heterocycles. The Kier molecular flexibility index (Phi) is 3.50. The monoisotopic (exact) mass is 347 g/mol. The molecule has 0 amide bonds. The molecule has 0 aliphatic carbocycles. The van der Waals surface area contributed by atoms with Gasteiger partial charge in [0.2, 0.25) is 0 Å². The fourth-order valence-electron chi connectivity index (χ4n) is 1.13. The minimum atomic E-state index is -0.480. The van der Waals surface area contributed by atoms with Crippen molar-refractivity contribution in [3.63, 3.8) is 0 Å². The van der Waals surface area contributed by atoms with Crippen molar-refractivity contribution in [3.8, 4) is 5.75 Å². The number of rotatable bonds is 3. The molecule has 0 fully saturated rings. The zero-order valence-corrected chi connectivity index (χ0v) is 11.2. The number of H-pyrrole nitrogens is 1. The van der Waals surface area contributed by atoms with Crippen LogP contribution in [0, 0.1) is 0 Å². The molecule has 2 aromatic rings. The number of oxazole rings is 1. The number of hydrogen-bond donors (Lipinski definition) is 1. The smallest absolute Gasteiger partial charge is 0.416 e. The van der Waals surface area contributed by atoms with Gasteiger partial charge in [0, 0.05) is 10.7 Å². The first-order chi connectivity index (χ1) is 7.66. The highest BCUT2D eigenvalue weighted by Gasteiger charge is 2.06. The van der Waals surface area contributed by atoms with E-state index in [4.69, 9.17) is 9.15 Å². The lowest BCUT2D eigenvalue weighted by atomic mass is 10.3. The zero-order valence-electron chi connectivity index (χ0n) is 8.00. The summed E-state index contributed by atoms with van der Waals surface area (Å²) in [7, 11) is 0. The number of aromatic amines is 1. The summed E-state index contributed by atoms with van der Waals surface area (Å²) >= 11 is 6.76. The summed E-state index contributed by atoms with van der Waals surface area (Å²) in [5, 5.41) is 0. The molecule has 0 aliphatic heterocycles. The van der Waals surface area contributed by atoms with Crippen LogP contribution in [0.4, 0.5) is 0 Å². The summed E-state index contributed by atoms with van der Waals surface area (Å²) in [6.07, 6.45) is 1.48. The van der Waals surface area contributed by atoms with E-state index in [1.54, 1.807) is 0 Å². The molecule has 1 aromatic carbocycles. The maximum Gasteiger partial charge on any atom is 0.416 e. The summed E-state index contributed by atoms with van der Waals surface area (Å²) < 4.78 is 12.0. The van der Waals surface area contributed by atoms with Crippen LogP contribution in [0.1, 0.15) is 5.76 Å². The Hall–Kier alpha value is -1.01. The Morgan fingerprint density at radius 3 is 2.88 bits per heavy atom. The Labute approximate surface area is 108 Å². The van der Waals surface area contributed by atoms with Crippen molar-refractivity contribution in [1.29, 1.82) is 0 Å². The molecule has 0 unspecified atom stereocenters. The molecule has 0 saturated heterocycles. The molecule has 1 aromatic heterocycles. The van der Waals surface area contributed by atoms with Gasteiger partial charge in [-0.15, -0.1) is 0 Å². The third kappa shape index (κ3) is 2.56. The maximum absolute atomic E-state index is 10.7. The fourth-order valence-corrected chi connectivity index (χ4v) is 1.86. The highest BCUT2D eigenvalue weighted by Crippen LogP contribution is 2.32. The van der Waals surface area contributed by atoms with Crippen LogP contribution in [0.3, 0.4) is 0 Å². The molecule has 0 spiro atoms. The molecule has 0 radical (unpaired) electrons. The van der Waals surface area contributed by atoms with Crippen molar-refractivity contribution in [2.75, 3.05) is 0 Å². The molecule has 2 rings (SSSR count). The second kappa shape index (κ2) is 4.88. The van der Waals surface area contributed by atoms with Crippen molar-refractivity contribution in [2.24, 2.45) is 0 Å². The van der Waals surface area contributed by atoms with Crippen molar-refractivity contribution in [1.82, 2.24) is 4.98 Å². The SMILES string of the molecule is O=c1[nH]cc(COc2cccc(Br)c2Br)o1. The molecule has 16 heavy (non-hydrogen) atoms. The quantitative estimate of drug-likeness (QED) is 0.927. The Bertz CT molecular complexity index is 547. The predicted molar refractivity (Wildman–Crippen MR) is 65.5 cm³/mol. The van der Waals surface area contributed by atoms with Crippen LogP contribution < -0.4 is 10.5 Å². The maximum atomic E-state index is 10.7. The van der Waals surface area contributed by atoms with Gasteiger partial charge in [0.25, 0.3) is 0 Å². The fraction of sp³-hybridized carbons (Fsp3) is 0.100. The minimum Gasteiger partial charge on any atom is -0.484 e. The standard InChI is InChI=1S/C10H7Br2NO3/c11-7-2-1-3-8(9(7)12)15-5-6-4-13-10(14)16-6/h1-4H,5H2,(H,13,14). The largest absolute Gasteiger partial charge is 0.484 e. The summed E-state index contributed by atoms with van der Waals surface area (Å²) in [5.74, 6) is 0.655. The first kappa shape index (κ1) is 11.5. The lowest BCUT2D eigenvalue weighted by molar-refractivity contribution is 0.264. The van der Waals surface area contributed by atoms with E-state index in [2.05, 4.69) is 36.8 Å². The average molecular weight is 349 g/mol. The van der Waals surface area contributed by atoms with Crippen LogP contribution in [-0.2, 0) is 6.61 Å². The van der Waals surface area contributed by atoms with Gasteiger partial charge in [-0.3, -0.25) is 4.98 Å². The van der Waals surface area contributed by atoms with Crippen LogP contribution in [0.15, 0.2) is 42.6 Å². The van der Waals surface area contributed by atoms with Crippen molar-refractivity contribution in [2.45, 2.75) is 6.61 Å². The molecule has 0 saturated carbocycles. The van der Waals surface area contributed by atoms with E-state index in [1.807, 2.05) is 18.2 Å². The minimum absolute atomic E-state index is 0.202. The Morgan fingerprint density at radius 2 is 2.19 bits per heavy atom. The van der Waals surface area contributed by atoms with E-state index in [0.717, 1.165) is 8.95 Å². The normalized spacial score (nSPS) is 10.4. The first-order valence-corrected chi connectivity index (χ1v) is 5.99. The molecule has 0 bridgehead atoms. The highest BCUT2D eigenvalue weighted by molar-refractivity contribution is 9.13. The van der Waals surface area contributed by atoms with Gasteiger partial charge in [-0.05, 0) is 44.0 Å². The zero-order chi connectivity index (χ0) is 11.5. The van der Waals surface area contributed by atoms with Gasteiger partial charge in [-0.25, -0.2) is 4.79 Å². The third-order valence-corrected chi connectivity index (χ3v) is 3.87. The number of benzene rings is 1. The Balaban J connectivity index is 2.10. The molecule has 1 N–H and O–H groups in total. The van der Waals surface area contributed by atoms with Gasteiger partial charge in [0.15, 0.2) is 5.76 Å². The lowest BCUT2D eigenvalue weighted by Crippen LogP contribution is -1.96. The number of aromatic nitrogens is 1. The van der Waals surface area contributed by atoms with Gasteiger partial charge in [-0.2, -0.15) is 0 Å². The summed E-state index contributed by atoms with van der Waals surface area (Å²) in [6, 6.07) is 5.57. The van der Waals surface area contributed by atoms with Crippen LogP contribution in [0.2, 0.25) is 0 Å². The van der Waals surface area contributed by atoms with Gasteiger partial charge < -0.3 is 9.15 Å². The van der Waals surface area contributed by atoms with Crippen molar-refractivity contribution in [3.05, 3.63) is 49.7 Å². The van der Waals surface area contributed by atoms with Gasteiger partial charge >= 0.3 is 5.76 Å². The number of ether oxygens (including phenoxy) is 1. The van der Waals surface area contributed by atoms with Crippen LogP contribution in [0.25, 0.3) is 0 Å². The van der Waals surface area contributed by atoms with E-state index < -0.39 is 5.76 Å². The van der Waals surface area contributed by atoms with Crippen LogP contribution >= 0.6 is 31.9 Å². The highest BCUT2D eigenvalue weighted by atomic mass is 79.9. The van der Waals surface area contributed by atoms with Crippen molar-refractivity contribution < 1.29 is 9.15 Å². The van der Waals surface area contributed by atoms with Crippen LogP contribution in [-0.4, -0.2) is 4.98 Å². The molecule has 4 nitrogen and oxygen atoms in total. The molecular weight excluding hydrogens is 342 g/mol. The summed E-state index contributed by atoms with van der Waals surface area (Å²) in [6.45, 7) is 0.202. The van der Waals surface area contributed by atoms with E-state index in [1.165, 1.54) is 6.20 Å². The third-order valence-electron chi connectivity index (χ3n) is 1.86. The van der Waals surface area contributed by atoms with E-state index in [9.17, 15) is 4.79 Å². The van der Waals surface area contributed by atoms with Crippen molar-refractivity contribution >= 4 is 31.9 Å². The van der Waals surface area contributed by atoms with Gasteiger partial charge in [0.05, 0.1) is 4.47 Å². The molecule has 0 atom stereocenters. The van der Waals surface area contributed by atoms with Crippen LogP contribution in [0.5, 0.6) is 5.75 Å². The number of nitrogens with one attached hydrogen (secondary N) is 1. The molecular formula is C10H7Br2NO3. The molecule has 0 aliphatic rings. The second-order valence-electron chi connectivity index (χ2n) is 2.99. The van der Waals surface area contributed by atoms with E-state index in [-0.39, 0.29) is 6.61 Å². The summed E-state index contributed by atoms with van der Waals surface area (Å²) in [5.41, 5.74) is 0.